The molecule has 0 radical (unpaired) electrons. The summed E-state index contributed by atoms with van der Waals surface area (Å²) in [4.78, 5) is 42.0. The largest absolute Gasteiger partial charge is 0.497 e. The van der Waals surface area contributed by atoms with E-state index in [4.69, 9.17) is 4.74 Å². The van der Waals surface area contributed by atoms with Crippen molar-refractivity contribution >= 4 is 40.4 Å². The van der Waals surface area contributed by atoms with E-state index in [1.807, 2.05) is 35.7 Å². The van der Waals surface area contributed by atoms with Crippen LogP contribution in [0, 0.1) is 0 Å². The SMILES string of the molecule is COc1cccc(N2CCN(Cc3ccc(NC(=O)Cc4cc(-c5cn(C6CCC(=O)NC6=O)nn5)cs4)cc3)CC2)c1. The summed E-state index contributed by atoms with van der Waals surface area (Å²) in [7, 11) is 1.69. The van der Waals surface area contributed by atoms with Gasteiger partial charge in [-0.2, -0.15) is 0 Å². The zero-order valence-corrected chi connectivity index (χ0v) is 24.7. The van der Waals surface area contributed by atoms with Crippen LogP contribution in [-0.2, 0) is 27.3 Å². The number of hydrogen-bond donors (Lipinski definition) is 2. The second kappa shape index (κ2) is 12.8. The maximum Gasteiger partial charge on any atom is 0.251 e. The van der Waals surface area contributed by atoms with Crippen LogP contribution >= 0.6 is 11.3 Å². The van der Waals surface area contributed by atoms with Crippen LogP contribution in [0.25, 0.3) is 11.3 Å². The Kier molecular flexibility index (Phi) is 8.47. The van der Waals surface area contributed by atoms with Crippen molar-refractivity contribution in [1.29, 1.82) is 0 Å². The highest BCUT2D eigenvalue weighted by molar-refractivity contribution is 7.10. The Hall–Kier alpha value is -4.55. The Morgan fingerprint density at radius 2 is 1.91 bits per heavy atom. The van der Waals surface area contributed by atoms with Gasteiger partial charge < -0.3 is 15.0 Å². The quantitative estimate of drug-likeness (QED) is 0.281. The average Bonchev–Trinajstić information content (AvgIpc) is 3.69. The van der Waals surface area contributed by atoms with Gasteiger partial charge in [-0.05, 0) is 42.3 Å². The van der Waals surface area contributed by atoms with E-state index >= 15 is 0 Å². The molecule has 2 N–H and O–H groups in total. The topological polar surface area (TPSA) is 122 Å². The lowest BCUT2D eigenvalue weighted by atomic mass is 10.1. The number of nitrogens with zero attached hydrogens (tertiary/aromatic N) is 5. The van der Waals surface area contributed by atoms with E-state index < -0.39 is 6.04 Å². The highest BCUT2D eigenvalue weighted by Gasteiger charge is 2.29. The highest BCUT2D eigenvalue weighted by Crippen LogP contribution is 2.27. The summed E-state index contributed by atoms with van der Waals surface area (Å²) in [6, 6.07) is 17.6. The lowest BCUT2D eigenvalue weighted by Crippen LogP contribution is -2.45. The maximum atomic E-state index is 12.8. The molecule has 4 heterocycles. The van der Waals surface area contributed by atoms with Crippen molar-refractivity contribution in [3.8, 4) is 17.0 Å². The first-order chi connectivity index (χ1) is 20.9. The minimum atomic E-state index is -0.552. The summed E-state index contributed by atoms with van der Waals surface area (Å²) >= 11 is 1.47. The van der Waals surface area contributed by atoms with Crippen molar-refractivity contribution < 1.29 is 19.1 Å². The van der Waals surface area contributed by atoms with Crippen molar-refractivity contribution in [3.05, 3.63) is 76.6 Å². The van der Waals surface area contributed by atoms with Gasteiger partial charge in [0.2, 0.25) is 11.8 Å². The third kappa shape index (κ3) is 6.92. The van der Waals surface area contributed by atoms with Gasteiger partial charge >= 0.3 is 0 Å². The molecule has 222 valence electrons. The predicted molar refractivity (Wildman–Crippen MR) is 164 cm³/mol. The van der Waals surface area contributed by atoms with E-state index in [1.165, 1.54) is 27.3 Å². The van der Waals surface area contributed by atoms with Crippen LogP contribution in [0.1, 0.15) is 29.3 Å². The lowest BCUT2D eigenvalue weighted by molar-refractivity contribution is -0.136. The molecule has 11 nitrogen and oxygen atoms in total. The maximum absolute atomic E-state index is 12.8. The third-order valence-electron chi connectivity index (χ3n) is 7.76. The third-order valence-corrected chi connectivity index (χ3v) is 8.70. The zero-order chi connectivity index (χ0) is 29.8. The van der Waals surface area contributed by atoms with Crippen LogP contribution in [0.15, 0.2) is 66.2 Å². The van der Waals surface area contributed by atoms with Gasteiger partial charge in [-0.25, -0.2) is 4.68 Å². The Labute approximate surface area is 253 Å². The normalized spacial score (nSPS) is 17.5. The summed E-state index contributed by atoms with van der Waals surface area (Å²) in [6.45, 7) is 4.75. The van der Waals surface area contributed by atoms with Crippen molar-refractivity contribution in [2.45, 2.75) is 31.8 Å². The predicted octanol–water partition coefficient (Wildman–Crippen LogP) is 3.50. The number of carbonyl (C=O) groups excluding carboxylic acids is 3. The number of anilines is 2. The van der Waals surface area contributed by atoms with E-state index in [2.05, 4.69) is 55.0 Å². The molecule has 2 fully saturated rings. The smallest absolute Gasteiger partial charge is 0.251 e. The molecule has 1 unspecified atom stereocenters. The fourth-order valence-corrected chi connectivity index (χ4v) is 6.27. The van der Waals surface area contributed by atoms with Crippen molar-refractivity contribution in [2.24, 2.45) is 0 Å². The minimum Gasteiger partial charge on any atom is -0.497 e. The highest BCUT2D eigenvalue weighted by atomic mass is 32.1. The van der Waals surface area contributed by atoms with Crippen molar-refractivity contribution in [2.75, 3.05) is 43.5 Å². The van der Waals surface area contributed by atoms with Crippen molar-refractivity contribution in [1.82, 2.24) is 25.2 Å². The van der Waals surface area contributed by atoms with Gasteiger partial charge in [0.1, 0.15) is 17.5 Å². The van der Waals surface area contributed by atoms with Gasteiger partial charge in [-0.3, -0.25) is 24.6 Å². The molecule has 6 rings (SSSR count). The van der Waals surface area contributed by atoms with E-state index in [9.17, 15) is 14.4 Å². The molecule has 43 heavy (non-hydrogen) atoms. The summed E-state index contributed by atoms with van der Waals surface area (Å²) in [6.07, 6.45) is 2.61. The van der Waals surface area contributed by atoms with Crippen LogP contribution < -0.4 is 20.3 Å². The van der Waals surface area contributed by atoms with Crippen LogP contribution in [0.5, 0.6) is 5.75 Å². The Morgan fingerprint density at radius 3 is 2.67 bits per heavy atom. The van der Waals surface area contributed by atoms with E-state index in [0.717, 1.165) is 54.6 Å². The lowest BCUT2D eigenvalue weighted by Gasteiger charge is -2.36. The summed E-state index contributed by atoms with van der Waals surface area (Å²) < 4.78 is 6.86. The number of imide groups is 1. The molecule has 12 heteroatoms. The number of piperazine rings is 1. The molecule has 0 aliphatic carbocycles. The molecule has 1 atom stereocenters. The number of nitrogens with one attached hydrogen (secondary N) is 2. The van der Waals surface area contributed by atoms with Gasteiger partial charge in [0.05, 0.1) is 19.7 Å². The van der Waals surface area contributed by atoms with Crippen LogP contribution in [-0.4, -0.2) is 70.9 Å². The molecular weight excluding hydrogens is 566 g/mol. The number of methoxy groups -OCH3 is 1. The van der Waals surface area contributed by atoms with Gasteiger partial charge in [0.25, 0.3) is 5.91 Å². The first-order valence-corrected chi connectivity index (χ1v) is 15.1. The second-order valence-corrected chi connectivity index (χ2v) is 11.7. The molecule has 2 aromatic carbocycles. The van der Waals surface area contributed by atoms with Gasteiger partial charge in [-0.1, -0.05) is 23.4 Å². The summed E-state index contributed by atoms with van der Waals surface area (Å²) in [5, 5.41) is 15.5. The molecule has 2 aromatic heterocycles. The van der Waals surface area contributed by atoms with Crippen LogP contribution in [0.4, 0.5) is 11.4 Å². The molecule has 0 spiro atoms. The van der Waals surface area contributed by atoms with E-state index in [1.54, 1.807) is 13.3 Å². The molecule has 0 saturated carbocycles. The average molecular weight is 600 g/mol. The number of piperidine rings is 1. The molecular formula is C31H33N7O4S. The summed E-state index contributed by atoms with van der Waals surface area (Å²) in [5.41, 5.74) is 4.61. The number of carbonyl (C=O) groups is 3. The molecule has 2 aliphatic rings. The number of benzene rings is 2. The molecule has 2 aliphatic heterocycles. The Morgan fingerprint density at radius 1 is 1.09 bits per heavy atom. The number of thiophene rings is 1. The van der Waals surface area contributed by atoms with E-state index in [-0.39, 0.29) is 30.6 Å². The minimum absolute atomic E-state index is 0.0954. The fourth-order valence-electron chi connectivity index (χ4n) is 5.39. The first-order valence-electron chi connectivity index (χ1n) is 14.3. The number of rotatable bonds is 9. The first kappa shape index (κ1) is 28.6. The molecule has 2 saturated heterocycles. The Bertz CT molecular complexity index is 1610. The van der Waals surface area contributed by atoms with Gasteiger partial charge in [0.15, 0.2) is 0 Å². The molecule has 0 bridgehead atoms. The standard InChI is InChI=1S/C31H33N7O4S/c1-42-25-4-2-3-24(16-25)37-13-11-36(12-14-37)18-21-5-7-23(8-6-21)32-30(40)17-26-15-22(20-43-26)27-19-38(35-34-27)28-9-10-29(39)33-31(28)41/h2-8,15-16,19-20,28H,9-14,17-18H2,1H3,(H,32,40)(H,33,39,41). The second-order valence-electron chi connectivity index (χ2n) is 10.7. The van der Waals surface area contributed by atoms with Crippen LogP contribution in [0.3, 0.4) is 0 Å². The summed E-state index contributed by atoms with van der Waals surface area (Å²) in [5.74, 6) is 0.143. The van der Waals surface area contributed by atoms with Gasteiger partial charge in [0, 0.05) is 72.4 Å². The number of aromatic nitrogens is 3. The van der Waals surface area contributed by atoms with Crippen LogP contribution in [0.2, 0.25) is 0 Å². The Balaban J connectivity index is 0.972. The van der Waals surface area contributed by atoms with E-state index in [0.29, 0.717) is 12.1 Å². The fraction of sp³-hybridized carbons (Fsp3) is 0.323. The monoisotopic (exact) mass is 599 g/mol. The molecule has 3 amide bonds. The molecule has 4 aromatic rings. The van der Waals surface area contributed by atoms with Crippen molar-refractivity contribution in [3.63, 3.8) is 0 Å². The zero-order valence-electron chi connectivity index (χ0n) is 23.9. The number of hydrogen-bond acceptors (Lipinski definition) is 9. The van der Waals surface area contributed by atoms with Gasteiger partial charge in [-0.15, -0.1) is 16.4 Å². The number of ether oxygens (including phenoxy) is 1. The number of amides is 3.